The van der Waals surface area contributed by atoms with Gasteiger partial charge in [-0.1, -0.05) is 0 Å². The van der Waals surface area contributed by atoms with Crippen LogP contribution in [0.5, 0.6) is 0 Å². The fraction of sp³-hybridized carbons (Fsp3) is 0.727. The van der Waals surface area contributed by atoms with Crippen LogP contribution in [-0.4, -0.2) is 41.9 Å². The smallest absolute Gasteiger partial charge is 0.240 e. The fourth-order valence-electron chi connectivity index (χ4n) is 2.51. The van der Waals surface area contributed by atoms with Gasteiger partial charge in [-0.15, -0.1) is 0 Å². The zero-order valence-corrected chi connectivity index (χ0v) is 9.56. The molecule has 2 aliphatic rings. The fourth-order valence-corrected chi connectivity index (χ4v) is 2.51. The van der Waals surface area contributed by atoms with Crippen molar-refractivity contribution in [1.82, 2.24) is 10.2 Å². The lowest BCUT2D eigenvalue weighted by molar-refractivity contribution is -0.133. The van der Waals surface area contributed by atoms with Crippen LogP contribution in [0.2, 0.25) is 0 Å². The Morgan fingerprint density at radius 2 is 2.24 bits per heavy atom. The Kier molecular flexibility index (Phi) is 3.29. The Hall–Kier alpha value is -1.61. The van der Waals surface area contributed by atoms with Crippen LogP contribution in [-0.2, 0) is 9.59 Å². The molecule has 2 rings (SSSR count). The lowest BCUT2D eigenvalue weighted by Gasteiger charge is -2.23. The van der Waals surface area contributed by atoms with Gasteiger partial charge in [0.05, 0.1) is 18.0 Å². The first-order valence-electron chi connectivity index (χ1n) is 5.86. The third-order valence-electron chi connectivity index (χ3n) is 3.52. The third-order valence-corrected chi connectivity index (χ3v) is 3.52. The van der Waals surface area contributed by atoms with Gasteiger partial charge in [0.25, 0.3) is 0 Å². The third kappa shape index (κ3) is 2.24. The molecular formula is C11H16N4O2. The molecule has 2 fully saturated rings. The van der Waals surface area contributed by atoms with Crippen LogP contribution in [0.15, 0.2) is 0 Å². The molecule has 0 bridgehead atoms. The normalized spacial score (nSPS) is 32.4. The molecule has 0 radical (unpaired) electrons. The van der Waals surface area contributed by atoms with Crippen LogP contribution in [0.1, 0.15) is 19.3 Å². The number of nitrogens with zero attached hydrogens (tertiary/aromatic N) is 2. The highest BCUT2D eigenvalue weighted by Gasteiger charge is 2.38. The summed E-state index contributed by atoms with van der Waals surface area (Å²) in [6.45, 7) is 1.09. The molecule has 3 N–H and O–H groups in total. The Balaban J connectivity index is 1.98. The second kappa shape index (κ2) is 4.72. The van der Waals surface area contributed by atoms with E-state index >= 15 is 0 Å². The van der Waals surface area contributed by atoms with Crippen molar-refractivity contribution < 1.29 is 9.59 Å². The SMILES string of the molecule is N#C[C@@H]1CCCN1C(=O)[C@@H]1C[C@H](C(N)=O)CN1. The zero-order valence-electron chi connectivity index (χ0n) is 9.56. The molecule has 0 saturated carbocycles. The zero-order chi connectivity index (χ0) is 12.4. The summed E-state index contributed by atoms with van der Waals surface area (Å²) < 4.78 is 0. The number of hydrogen-bond acceptors (Lipinski definition) is 4. The van der Waals surface area contributed by atoms with Crippen molar-refractivity contribution in [3.63, 3.8) is 0 Å². The Morgan fingerprint density at radius 3 is 2.82 bits per heavy atom. The summed E-state index contributed by atoms with van der Waals surface area (Å²) in [5.41, 5.74) is 5.21. The van der Waals surface area contributed by atoms with E-state index in [-0.39, 0.29) is 29.8 Å². The van der Waals surface area contributed by atoms with Crippen LogP contribution in [0.25, 0.3) is 0 Å². The lowest BCUT2D eigenvalue weighted by Crippen LogP contribution is -2.45. The Labute approximate surface area is 99.7 Å². The summed E-state index contributed by atoms with van der Waals surface area (Å²) in [4.78, 5) is 24.8. The van der Waals surface area contributed by atoms with Gasteiger partial charge in [0, 0.05) is 13.1 Å². The number of nitrogens with two attached hydrogens (primary N) is 1. The van der Waals surface area contributed by atoms with Crippen LogP contribution in [0.3, 0.4) is 0 Å². The molecule has 0 aromatic carbocycles. The van der Waals surface area contributed by atoms with E-state index in [0.29, 0.717) is 19.5 Å². The summed E-state index contributed by atoms with van der Waals surface area (Å²) in [6.07, 6.45) is 2.06. The van der Waals surface area contributed by atoms with E-state index in [0.717, 1.165) is 12.8 Å². The van der Waals surface area contributed by atoms with E-state index in [4.69, 9.17) is 11.0 Å². The second-order valence-corrected chi connectivity index (χ2v) is 4.61. The molecule has 17 heavy (non-hydrogen) atoms. The van der Waals surface area contributed by atoms with E-state index in [1.54, 1.807) is 4.90 Å². The van der Waals surface area contributed by atoms with Gasteiger partial charge in [-0.25, -0.2) is 0 Å². The summed E-state index contributed by atoms with van der Waals surface area (Å²) in [5, 5.41) is 11.9. The maximum atomic E-state index is 12.1. The van der Waals surface area contributed by atoms with Crippen molar-refractivity contribution in [3.05, 3.63) is 0 Å². The lowest BCUT2D eigenvalue weighted by atomic mass is 10.0. The topological polar surface area (TPSA) is 99.2 Å². The summed E-state index contributed by atoms with van der Waals surface area (Å²) in [7, 11) is 0. The molecule has 2 saturated heterocycles. The van der Waals surface area contributed by atoms with Crippen molar-refractivity contribution in [3.8, 4) is 6.07 Å². The van der Waals surface area contributed by atoms with Crippen LogP contribution in [0, 0.1) is 17.2 Å². The standard InChI is InChI=1S/C11H16N4O2/c12-5-8-2-1-3-15(8)11(17)9-4-7(6-14-9)10(13)16/h7-9,14H,1-4,6H2,(H2,13,16)/t7-,8-,9-/m0/s1. The average molecular weight is 236 g/mol. The number of carbonyl (C=O) groups is 2. The van der Waals surface area contributed by atoms with E-state index in [1.165, 1.54) is 0 Å². The first-order valence-corrected chi connectivity index (χ1v) is 5.86. The number of carbonyl (C=O) groups excluding carboxylic acids is 2. The quantitative estimate of drug-likeness (QED) is 0.640. The molecule has 2 aliphatic heterocycles. The number of likely N-dealkylation sites (tertiary alicyclic amines) is 1. The van der Waals surface area contributed by atoms with Gasteiger partial charge in [-0.3, -0.25) is 9.59 Å². The minimum atomic E-state index is -0.369. The van der Waals surface area contributed by atoms with Gasteiger partial charge in [0.15, 0.2) is 0 Å². The monoisotopic (exact) mass is 236 g/mol. The average Bonchev–Trinajstić information content (AvgIpc) is 2.96. The number of primary amides is 1. The van der Waals surface area contributed by atoms with Crippen LogP contribution < -0.4 is 11.1 Å². The molecule has 0 aromatic rings. The van der Waals surface area contributed by atoms with Crippen molar-refractivity contribution in [1.29, 1.82) is 5.26 Å². The van der Waals surface area contributed by atoms with Crippen LogP contribution in [0.4, 0.5) is 0 Å². The van der Waals surface area contributed by atoms with Gasteiger partial charge in [0.1, 0.15) is 6.04 Å². The molecule has 92 valence electrons. The molecule has 0 aliphatic carbocycles. The number of nitrogens with one attached hydrogen (secondary N) is 1. The van der Waals surface area contributed by atoms with E-state index in [1.807, 2.05) is 0 Å². The van der Waals surface area contributed by atoms with Gasteiger partial charge in [-0.2, -0.15) is 5.26 Å². The maximum absolute atomic E-state index is 12.1. The first-order chi connectivity index (χ1) is 8.13. The Morgan fingerprint density at radius 1 is 1.47 bits per heavy atom. The highest BCUT2D eigenvalue weighted by Crippen LogP contribution is 2.21. The van der Waals surface area contributed by atoms with Gasteiger partial charge >= 0.3 is 0 Å². The number of amides is 2. The summed E-state index contributed by atoms with van der Waals surface area (Å²) >= 11 is 0. The van der Waals surface area contributed by atoms with E-state index < -0.39 is 0 Å². The van der Waals surface area contributed by atoms with E-state index in [2.05, 4.69) is 11.4 Å². The molecular weight excluding hydrogens is 220 g/mol. The predicted molar refractivity (Wildman–Crippen MR) is 59.4 cm³/mol. The van der Waals surface area contributed by atoms with Crippen molar-refractivity contribution in [2.75, 3.05) is 13.1 Å². The van der Waals surface area contributed by atoms with Crippen molar-refractivity contribution in [2.24, 2.45) is 11.7 Å². The number of rotatable bonds is 2. The molecule has 6 nitrogen and oxygen atoms in total. The maximum Gasteiger partial charge on any atom is 0.240 e. The second-order valence-electron chi connectivity index (χ2n) is 4.61. The predicted octanol–water partition coefficient (Wildman–Crippen LogP) is -1.04. The van der Waals surface area contributed by atoms with Gasteiger partial charge < -0.3 is 16.0 Å². The number of hydrogen-bond donors (Lipinski definition) is 2. The highest BCUT2D eigenvalue weighted by atomic mass is 16.2. The first kappa shape index (κ1) is 11.9. The van der Waals surface area contributed by atoms with E-state index in [9.17, 15) is 9.59 Å². The summed E-state index contributed by atoms with van der Waals surface area (Å²) in [6, 6.07) is 1.47. The van der Waals surface area contributed by atoms with Crippen molar-refractivity contribution in [2.45, 2.75) is 31.3 Å². The minimum Gasteiger partial charge on any atom is -0.369 e. The van der Waals surface area contributed by atoms with Crippen LogP contribution >= 0.6 is 0 Å². The van der Waals surface area contributed by atoms with Crippen molar-refractivity contribution >= 4 is 11.8 Å². The highest BCUT2D eigenvalue weighted by molar-refractivity contribution is 5.85. The largest absolute Gasteiger partial charge is 0.369 e. The van der Waals surface area contributed by atoms with Gasteiger partial charge in [-0.05, 0) is 19.3 Å². The van der Waals surface area contributed by atoms with Gasteiger partial charge in [0.2, 0.25) is 11.8 Å². The molecule has 0 spiro atoms. The molecule has 2 heterocycles. The molecule has 6 heteroatoms. The molecule has 3 atom stereocenters. The summed E-state index contributed by atoms with van der Waals surface area (Å²) in [5.74, 6) is -0.712. The molecule has 0 unspecified atom stereocenters. The Bertz CT molecular complexity index is 376. The number of nitriles is 1. The minimum absolute atomic E-state index is 0.0715. The molecule has 0 aromatic heterocycles. The molecule has 2 amide bonds.